The Morgan fingerprint density at radius 1 is 0.647 bits per heavy atom. The summed E-state index contributed by atoms with van der Waals surface area (Å²) in [6.45, 7) is 2.30. The van der Waals surface area contributed by atoms with Crippen molar-refractivity contribution >= 4 is 7.60 Å². The van der Waals surface area contributed by atoms with E-state index < -0.39 is 12.9 Å². The van der Waals surface area contributed by atoms with Crippen molar-refractivity contribution in [3.05, 3.63) is 24.3 Å². The molecule has 0 rings (SSSR count). The van der Waals surface area contributed by atoms with Crippen molar-refractivity contribution in [1.82, 2.24) is 0 Å². The van der Waals surface area contributed by atoms with Crippen molar-refractivity contribution in [2.24, 2.45) is 0 Å². The van der Waals surface area contributed by atoms with Crippen LogP contribution in [0.5, 0.6) is 0 Å². The predicted molar refractivity (Wildman–Crippen MR) is 147 cm³/mol. The third-order valence-electron chi connectivity index (χ3n) is 6.29. The molecule has 1 atom stereocenters. The van der Waals surface area contributed by atoms with Gasteiger partial charge in [-0.1, -0.05) is 108 Å². The molecule has 5 nitrogen and oxygen atoms in total. The van der Waals surface area contributed by atoms with Gasteiger partial charge in [0.15, 0.2) is 0 Å². The first kappa shape index (κ1) is 33.5. The maximum absolute atomic E-state index is 11.8. The average Bonchev–Trinajstić information content (AvgIpc) is 2.73. The molecule has 0 aromatic heterocycles. The number of hydrogen-bond donors (Lipinski definition) is 3. The second-order valence-corrected chi connectivity index (χ2v) is 13.0. The lowest BCUT2D eigenvalue weighted by atomic mass is 10.0. The molecule has 0 radical (unpaired) electrons. The Kier molecular flexibility index (Phi) is 19.4. The highest BCUT2D eigenvalue weighted by molar-refractivity contribution is 7.53. The molecule has 0 amide bonds. The molecule has 202 valence electrons. The first-order valence-electron chi connectivity index (χ1n) is 13.9. The van der Waals surface area contributed by atoms with Gasteiger partial charge in [-0.25, -0.2) is 0 Å². The summed E-state index contributed by atoms with van der Waals surface area (Å²) in [7, 11) is 0.875. The summed E-state index contributed by atoms with van der Waals surface area (Å²) >= 11 is 0. The van der Waals surface area contributed by atoms with Crippen molar-refractivity contribution in [1.29, 1.82) is 0 Å². The van der Waals surface area contributed by atoms with E-state index in [0.717, 1.165) is 19.3 Å². The Morgan fingerprint density at radius 2 is 1.03 bits per heavy atom. The molecule has 0 heterocycles. The molecule has 0 aliphatic carbocycles. The van der Waals surface area contributed by atoms with Gasteiger partial charge < -0.3 is 19.4 Å². The number of quaternary nitrogens is 1. The van der Waals surface area contributed by atoms with Crippen LogP contribution in [0, 0.1) is 0 Å². The van der Waals surface area contributed by atoms with E-state index >= 15 is 0 Å². The van der Waals surface area contributed by atoms with Crippen LogP contribution in [0.3, 0.4) is 0 Å². The van der Waals surface area contributed by atoms with Gasteiger partial charge in [-0.15, -0.1) is 0 Å². The van der Waals surface area contributed by atoms with Crippen LogP contribution in [0.1, 0.15) is 122 Å². The summed E-state index contributed by atoms with van der Waals surface area (Å²) < 4.78 is 12.1. The van der Waals surface area contributed by atoms with Gasteiger partial charge in [-0.3, -0.25) is 4.57 Å². The first-order valence-corrected chi connectivity index (χ1v) is 15.5. The fraction of sp³-hybridized carbons (Fsp3) is 0.857. The van der Waals surface area contributed by atoms with Gasteiger partial charge in [0.25, 0.3) is 0 Å². The SMILES string of the molecule is CCCCCCCCCCCCCCC/C=C\CC/C=C\CCC(O)(C[N+](C)(C)C)P(=O)(O)O. The van der Waals surface area contributed by atoms with Crippen molar-refractivity contribution in [2.45, 2.75) is 128 Å². The van der Waals surface area contributed by atoms with Crippen LogP contribution in [0.4, 0.5) is 0 Å². The molecule has 3 N–H and O–H groups in total. The maximum Gasteiger partial charge on any atom is 0.362 e. The Hall–Kier alpha value is -0.450. The highest BCUT2D eigenvalue weighted by Crippen LogP contribution is 2.52. The van der Waals surface area contributed by atoms with Crippen molar-refractivity contribution < 1.29 is 23.9 Å². The fourth-order valence-electron chi connectivity index (χ4n) is 4.33. The third kappa shape index (κ3) is 19.8. The molecule has 0 spiro atoms. The number of allylic oxidation sites excluding steroid dienone is 4. The normalized spacial score (nSPS) is 14.9. The van der Waals surface area contributed by atoms with E-state index in [9.17, 15) is 19.5 Å². The van der Waals surface area contributed by atoms with Crippen LogP contribution in [-0.4, -0.2) is 52.4 Å². The quantitative estimate of drug-likeness (QED) is 0.0578. The highest BCUT2D eigenvalue weighted by Gasteiger charge is 2.48. The molecule has 0 aliphatic heterocycles. The van der Waals surface area contributed by atoms with E-state index in [1.54, 1.807) is 0 Å². The van der Waals surface area contributed by atoms with E-state index in [0.29, 0.717) is 10.9 Å². The first-order chi connectivity index (χ1) is 16.0. The van der Waals surface area contributed by atoms with Gasteiger partial charge in [-0.2, -0.15) is 0 Å². The van der Waals surface area contributed by atoms with Gasteiger partial charge in [0.2, 0.25) is 5.34 Å². The molecule has 6 heteroatoms. The number of unbranched alkanes of at least 4 members (excludes halogenated alkanes) is 14. The summed E-state index contributed by atoms with van der Waals surface area (Å²) in [5.74, 6) is 0. The Bertz CT molecular complexity index is 579. The fourth-order valence-corrected chi connectivity index (χ4v) is 5.36. The summed E-state index contributed by atoms with van der Waals surface area (Å²) in [5.41, 5.74) is 0. The van der Waals surface area contributed by atoms with E-state index in [1.807, 2.05) is 33.3 Å². The summed E-state index contributed by atoms with van der Waals surface area (Å²) in [5, 5.41) is 8.55. The van der Waals surface area contributed by atoms with Crippen LogP contribution < -0.4 is 0 Å². The van der Waals surface area contributed by atoms with Gasteiger partial charge in [-0.05, 0) is 38.5 Å². The zero-order valence-corrected chi connectivity index (χ0v) is 23.8. The Balaban J connectivity index is 3.66. The minimum absolute atomic E-state index is 0.0209. The second kappa shape index (κ2) is 19.7. The van der Waals surface area contributed by atoms with E-state index in [1.165, 1.54) is 83.5 Å². The number of likely N-dealkylation sites (N-methyl/N-ethyl adjacent to an activating group) is 1. The standard InChI is InChI=1S/C28H56NO4P/c1-5-6-7-8-9-10-11-12-13-14-15-16-17-18-19-20-21-22-23-24-25-26-28(30,34(31,32)33)27-29(2,3)4/h19-20,23-24,30H,5-18,21-22,25-27H2,1-4H3,(H-,31,32,33)/p+1/b20-19-,24-23-. The third-order valence-corrected chi connectivity index (χ3v) is 7.74. The zero-order valence-electron chi connectivity index (χ0n) is 22.9. The van der Waals surface area contributed by atoms with Crippen LogP contribution >= 0.6 is 7.60 Å². The topological polar surface area (TPSA) is 77.8 Å². The minimum atomic E-state index is -4.59. The number of hydrogen-bond acceptors (Lipinski definition) is 2. The number of aliphatic hydroxyl groups is 1. The molecule has 0 saturated heterocycles. The van der Waals surface area contributed by atoms with Crippen LogP contribution in [0.25, 0.3) is 0 Å². The molecule has 0 bridgehead atoms. The molecule has 0 aromatic carbocycles. The number of rotatable bonds is 23. The lowest BCUT2D eigenvalue weighted by molar-refractivity contribution is -0.875. The van der Waals surface area contributed by atoms with E-state index in [2.05, 4.69) is 19.1 Å². The maximum atomic E-state index is 11.8. The van der Waals surface area contributed by atoms with Crippen molar-refractivity contribution in [3.8, 4) is 0 Å². The Labute approximate surface area is 211 Å². The molecule has 0 aromatic rings. The molecule has 34 heavy (non-hydrogen) atoms. The minimum Gasteiger partial charge on any atom is -0.373 e. The van der Waals surface area contributed by atoms with Gasteiger partial charge >= 0.3 is 7.60 Å². The Morgan fingerprint density at radius 3 is 1.44 bits per heavy atom. The van der Waals surface area contributed by atoms with Gasteiger partial charge in [0.1, 0.15) is 6.54 Å². The molecule has 1 unspecified atom stereocenters. The summed E-state index contributed by atoms with van der Waals surface area (Å²) in [6.07, 6.45) is 30.1. The van der Waals surface area contributed by atoms with Gasteiger partial charge in [0.05, 0.1) is 21.1 Å². The molecular weight excluding hydrogens is 445 g/mol. The zero-order chi connectivity index (χ0) is 25.8. The van der Waals surface area contributed by atoms with Crippen LogP contribution in [0.2, 0.25) is 0 Å². The molecular formula is C28H57NO4P+. The lowest BCUT2D eigenvalue weighted by Gasteiger charge is -2.35. The molecule has 0 saturated carbocycles. The molecule has 0 fully saturated rings. The second-order valence-electron chi connectivity index (χ2n) is 11.1. The predicted octanol–water partition coefficient (Wildman–Crippen LogP) is 7.71. The number of nitrogens with zero attached hydrogens (tertiary/aromatic N) is 1. The van der Waals surface area contributed by atoms with Crippen molar-refractivity contribution in [3.63, 3.8) is 0 Å². The highest BCUT2D eigenvalue weighted by atomic mass is 31.2. The largest absolute Gasteiger partial charge is 0.373 e. The van der Waals surface area contributed by atoms with Crippen LogP contribution in [0.15, 0.2) is 24.3 Å². The van der Waals surface area contributed by atoms with Crippen molar-refractivity contribution in [2.75, 3.05) is 27.7 Å². The van der Waals surface area contributed by atoms with E-state index in [-0.39, 0.29) is 13.0 Å². The van der Waals surface area contributed by atoms with E-state index in [4.69, 9.17) is 0 Å². The summed E-state index contributed by atoms with van der Waals surface area (Å²) in [4.78, 5) is 19.2. The smallest absolute Gasteiger partial charge is 0.362 e. The average molecular weight is 503 g/mol. The lowest BCUT2D eigenvalue weighted by Crippen LogP contribution is -2.49. The molecule has 0 aliphatic rings. The monoisotopic (exact) mass is 502 g/mol. The van der Waals surface area contributed by atoms with Gasteiger partial charge in [0, 0.05) is 0 Å². The summed E-state index contributed by atoms with van der Waals surface area (Å²) in [6, 6.07) is 0. The van der Waals surface area contributed by atoms with Crippen LogP contribution in [-0.2, 0) is 4.57 Å².